The Kier molecular flexibility index (Phi) is 7.75. The summed E-state index contributed by atoms with van der Waals surface area (Å²) in [5.74, 6) is -0.352. The van der Waals surface area contributed by atoms with Gasteiger partial charge in [0.05, 0.1) is 21.7 Å². The maximum Gasteiger partial charge on any atom is 0.271 e. The molecule has 2 N–H and O–H groups in total. The van der Waals surface area contributed by atoms with Crippen LogP contribution in [0.1, 0.15) is 40.5 Å². The highest BCUT2D eigenvalue weighted by Crippen LogP contribution is 2.26. The SMILES string of the molecule is CCCCOc1ccc(C(=O)NNC(=O)c2ccc(Cl)cc2Cl)cc1Br. The van der Waals surface area contributed by atoms with Crippen molar-refractivity contribution in [2.75, 3.05) is 6.61 Å². The van der Waals surface area contributed by atoms with Gasteiger partial charge in [0.15, 0.2) is 0 Å². The molecule has 26 heavy (non-hydrogen) atoms. The van der Waals surface area contributed by atoms with Crippen molar-refractivity contribution in [3.63, 3.8) is 0 Å². The van der Waals surface area contributed by atoms with Crippen molar-refractivity contribution in [3.8, 4) is 5.75 Å². The lowest BCUT2D eigenvalue weighted by molar-refractivity contribution is 0.0846. The molecule has 0 saturated carbocycles. The predicted molar refractivity (Wildman–Crippen MR) is 106 cm³/mol. The Morgan fingerprint density at radius 1 is 1.08 bits per heavy atom. The maximum absolute atomic E-state index is 12.2. The second-order valence-corrected chi connectivity index (χ2v) is 7.08. The number of rotatable bonds is 6. The minimum Gasteiger partial charge on any atom is -0.492 e. The highest BCUT2D eigenvalue weighted by atomic mass is 79.9. The van der Waals surface area contributed by atoms with Gasteiger partial charge in [-0.1, -0.05) is 36.5 Å². The second kappa shape index (κ2) is 9.80. The summed E-state index contributed by atoms with van der Waals surface area (Å²) in [6, 6.07) is 9.41. The molecule has 2 aromatic carbocycles. The van der Waals surface area contributed by atoms with E-state index in [0.717, 1.165) is 12.8 Å². The summed E-state index contributed by atoms with van der Waals surface area (Å²) in [7, 11) is 0. The number of carbonyl (C=O) groups excluding carboxylic acids is 2. The molecule has 0 atom stereocenters. The molecule has 0 heterocycles. The zero-order chi connectivity index (χ0) is 19.1. The largest absolute Gasteiger partial charge is 0.492 e. The number of hydrogen-bond donors (Lipinski definition) is 2. The first-order chi connectivity index (χ1) is 12.4. The van der Waals surface area contributed by atoms with Crippen LogP contribution in [0.2, 0.25) is 10.0 Å². The summed E-state index contributed by atoms with van der Waals surface area (Å²) in [6.45, 7) is 2.69. The fourth-order valence-corrected chi connectivity index (χ4v) is 3.00. The van der Waals surface area contributed by atoms with Gasteiger partial charge in [0.2, 0.25) is 0 Å². The van der Waals surface area contributed by atoms with E-state index >= 15 is 0 Å². The van der Waals surface area contributed by atoms with E-state index in [4.69, 9.17) is 27.9 Å². The van der Waals surface area contributed by atoms with Gasteiger partial charge in [-0.05, 0) is 58.7 Å². The molecule has 5 nitrogen and oxygen atoms in total. The molecule has 2 rings (SSSR count). The molecule has 0 unspecified atom stereocenters. The first-order valence-electron chi connectivity index (χ1n) is 7.90. The van der Waals surface area contributed by atoms with Crippen LogP contribution in [0.4, 0.5) is 0 Å². The normalized spacial score (nSPS) is 10.3. The monoisotopic (exact) mass is 458 g/mol. The standard InChI is InChI=1S/C18H17BrCl2N2O3/c1-2-3-8-26-16-7-4-11(9-14(16)19)17(24)22-23-18(25)13-6-5-12(20)10-15(13)21/h4-7,9-10H,2-3,8H2,1H3,(H,22,24)(H,23,25). The molecule has 0 aromatic heterocycles. The van der Waals surface area contributed by atoms with Gasteiger partial charge in [0.1, 0.15) is 5.75 Å². The fraction of sp³-hybridized carbons (Fsp3) is 0.222. The number of unbranched alkanes of at least 4 members (excludes halogenated alkanes) is 1. The van der Waals surface area contributed by atoms with E-state index in [1.165, 1.54) is 12.1 Å². The number of carbonyl (C=O) groups is 2. The van der Waals surface area contributed by atoms with Gasteiger partial charge in [-0.2, -0.15) is 0 Å². The van der Waals surface area contributed by atoms with Crippen LogP contribution in [0.3, 0.4) is 0 Å². The van der Waals surface area contributed by atoms with Crippen LogP contribution in [0.5, 0.6) is 5.75 Å². The van der Waals surface area contributed by atoms with Gasteiger partial charge in [-0.3, -0.25) is 20.4 Å². The van der Waals surface area contributed by atoms with Gasteiger partial charge in [0.25, 0.3) is 11.8 Å². The first kappa shape index (κ1) is 20.6. The van der Waals surface area contributed by atoms with Gasteiger partial charge >= 0.3 is 0 Å². The summed E-state index contributed by atoms with van der Waals surface area (Å²) in [5, 5.41) is 0.613. The molecular weight excluding hydrogens is 443 g/mol. The molecule has 2 aromatic rings. The number of hydrazine groups is 1. The molecule has 0 radical (unpaired) electrons. The van der Waals surface area contributed by atoms with Gasteiger partial charge in [0, 0.05) is 10.6 Å². The lowest BCUT2D eigenvalue weighted by Gasteiger charge is -2.11. The highest BCUT2D eigenvalue weighted by molar-refractivity contribution is 9.10. The van der Waals surface area contributed by atoms with Crippen LogP contribution in [-0.4, -0.2) is 18.4 Å². The molecule has 8 heteroatoms. The van der Waals surface area contributed by atoms with Crippen LogP contribution < -0.4 is 15.6 Å². The second-order valence-electron chi connectivity index (χ2n) is 5.38. The van der Waals surface area contributed by atoms with Gasteiger partial charge in [-0.15, -0.1) is 0 Å². The molecule has 2 amide bonds. The van der Waals surface area contributed by atoms with Crippen molar-refractivity contribution in [2.24, 2.45) is 0 Å². The van der Waals surface area contributed by atoms with E-state index in [0.29, 0.717) is 27.4 Å². The lowest BCUT2D eigenvalue weighted by Crippen LogP contribution is -2.41. The van der Waals surface area contributed by atoms with Crippen molar-refractivity contribution in [1.29, 1.82) is 0 Å². The third kappa shape index (κ3) is 5.62. The fourth-order valence-electron chi connectivity index (χ4n) is 2.01. The van der Waals surface area contributed by atoms with Gasteiger partial charge < -0.3 is 4.74 Å². The molecule has 0 aliphatic heterocycles. The molecule has 0 spiro atoms. The minimum atomic E-state index is -0.543. The summed E-state index contributed by atoms with van der Waals surface area (Å²) in [4.78, 5) is 24.3. The molecule has 138 valence electrons. The van der Waals surface area contributed by atoms with Crippen LogP contribution in [0.15, 0.2) is 40.9 Å². The Morgan fingerprint density at radius 2 is 1.81 bits per heavy atom. The topological polar surface area (TPSA) is 67.4 Å². The molecule has 0 aliphatic carbocycles. The molecular formula is C18H17BrCl2N2O3. The number of ether oxygens (including phenoxy) is 1. The van der Waals surface area contributed by atoms with E-state index in [1.54, 1.807) is 24.3 Å². The Bertz CT molecular complexity index is 815. The summed E-state index contributed by atoms with van der Waals surface area (Å²) < 4.78 is 6.28. The van der Waals surface area contributed by atoms with E-state index in [-0.39, 0.29) is 10.6 Å². The average molecular weight is 460 g/mol. The highest BCUT2D eigenvalue weighted by Gasteiger charge is 2.13. The van der Waals surface area contributed by atoms with E-state index < -0.39 is 11.8 Å². The Hall–Kier alpha value is -1.76. The molecule has 0 saturated heterocycles. The minimum absolute atomic E-state index is 0.195. The van der Waals surface area contributed by atoms with Crippen molar-refractivity contribution < 1.29 is 14.3 Å². The Morgan fingerprint density at radius 3 is 2.46 bits per heavy atom. The zero-order valence-corrected chi connectivity index (χ0v) is 17.0. The number of nitrogens with one attached hydrogen (secondary N) is 2. The predicted octanol–water partition coefficient (Wildman–Crippen LogP) is 5.01. The van der Waals surface area contributed by atoms with E-state index in [2.05, 4.69) is 33.7 Å². The summed E-state index contributed by atoms with van der Waals surface area (Å²) >= 11 is 15.1. The van der Waals surface area contributed by atoms with Crippen molar-refractivity contribution in [2.45, 2.75) is 19.8 Å². The van der Waals surface area contributed by atoms with Gasteiger partial charge in [-0.25, -0.2) is 0 Å². The molecule has 0 bridgehead atoms. The maximum atomic E-state index is 12.2. The van der Waals surface area contributed by atoms with Crippen molar-refractivity contribution >= 4 is 50.9 Å². The quantitative estimate of drug-likeness (QED) is 0.471. The van der Waals surface area contributed by atoms with E-state index in [9.17, 15) is 9.59 Å². The smallest absolute Gasteiger partial charge is 0.271 e. The zero-order valence-electron chi connectivity index (χ0n) is 13.9. The number of amides is 2. The number of halogens is 3. The Balaban J connectivity index is 1.97. The summed E-state index contributed by atoms with van der Waals surface area (Å²) in [6.07, 6.45) is 1.99. The van der Waals surface area contributed by atoms with Crippen molar-refractivity contribution in [3.05, 3.63) is 62.0 Å². The number of benzene rings is 2. The van der Waals surface area contributed by atoms with Crippen LogP contribution in [-0.2, 0) is 0 Å². The summed E-state index contributed by atoms with van der Waals surface area (Å²) in [5.41, 5.74) is 5.24. The first-order valence-corrected chi connectivity index (χ1v) is 9.45. The average Bonchev–Trinajstić information content (AvgIpc) is 2.61. The lowest BCUT2D eigenvalue weighted by atomic mass is 10.2. The Labute approximate surface area is 170 Å². The third-order valence-electron chi connectivity index (χ3n) is 3.41. The molecule has 0 aliphatic rings. The van der Waals surface area contributed by atoms with E-state index in [1.807, 2.05) is 0 Å². The van der Waals surface area contributed by atoms with Crippen LogP contribution >= 0.6 is 39.1 Å². The molecule has 0 fully saturated rings. The number of hydrogen-bond acceptors (Lipinski definition) is 3. The van der Waals surface area contributed by atoms with Crippen molar-refractivity contribution in [1.82, 2.24) is 10.9 Å². The third-order valence-corrected chi connectivity index (χ3v) is 4.58. The van der Waals surface area contributed by atoms with Crippen LogP contribution in [0.25, 0.3) is 0 Å². The van der Waals surface area contributed by atoms with Crippen LogP contribution in [0, 0.1) is 0 Å².